The van der Waals surface area contributed by atoms with Gasteiger partial charge in [0, 0.05) is 23.0 Å². The van der Waals surface area contributed by atoms with Gasteiger partial charge in [0.15, 0.2) is 0 Å². The van der Waals surface area contributed by atoms with Crippen molar-refractivity contribution in [1.29, 1.82) is 0 Å². The minimum absolute atomic E-state index is 0.176. The molecule has 0 bridgehead atoms. The van der Waals surface area contributed by atoms with Crippen LogP contribution in [-0.2, 0) is 6.42 Å². The van der Waals surface area contributed by atoms with E-state index in [2.05, 4.69) is 57.6 Å². The molecule has 1 fully saturated rings. The Hall–Kier alpha value is -2.53. The molecular formula is C26H31FN4. The summed E-state index contributed by atoms with van der Waals surface area (Å²) in [6, 6.07) is 6.93. The van der Waals surface area contributed by atoms with Gasteiger partial charge in [-0.25, -0.2) is 9.38 Å². The summed E-state index contributed by atoms with van der Waals surface area (Å²) in [7, 11) is 0. The van der Waals surface area contributed by atoms with E-state index in [4.69, 9.17) is 0 Å². The third-order valence-corrected chi connectivity index (χ3v) is 6.85. The van der Waals surface area contributed by atoms with Gasteiger partial charge < -0.3 is 10.3 Å². The molecule has 0 amide bonds. The number of alkyl halides is 1. The normalized spacial score (nSPS) is 26.4. The number of rotatable bonds is 4. The number of aliphatic imine (C=N–C) groups is 2. The number of hydrogen-bond donors (Lipinski definition) is 2. The number of aromatic nitrogens is 1. The first-order chi connectivity index (χ1) is 15.1. The zero-order valence-electron chi connectivity index (χ0n) is 18.4. The summed E-state index contributed by atoms with van der Waals surface area (Å²) in [5.41, 5.74) is 7.97. The average Bonchev–Trinajstić information content (AvgIpc) is 3.36. The summed E-state index contributed by atoms with van der Waals surface area (Å²) >= 11 is 0. The summed E-state index contributed by atoms with van der Waals surface area (Å²) in [5, 5.41) is 4.62. The minimum Gasteiger partial charge on any atom is -0.354 e. The van der Waals surface area contributed by atoms with E-state index in [-0.39, 0.29) is 6.04 Å². The van der Waals surface area contributed by atoms with Crippen LogP contribution < -0.4 is 5.32 Å². The third-order valence-electron chi connectivity index (χ3n) is 6.85. The molecule has 2 aromatic rings. The van der Waals surface area contributed by atoms with Gasteiger partial charge in [-0.1, -0.05) is 12.1 Å². The molecule has 3 aliphatic rings. The van der Waals surface area contributed by atoms with E-state index in [9.17, 15) is 4.39 Å². The standard InChI is InChI=1S/C26H31FN4/c1-16-12-20(4-3-5-24-25(16)30-15-29-24)26-22(13-17(2)27)21-14-19(6-7-23(21)31-26)18-8-10-28-11-9-18/h4,6-7,12,14-15,17-18,24,28,31H,3,5,8-11,13H2,1-2H3/b16-12-,20-4+. The molecule has 2 aliphatic heterocycles. The SMILES string of the molecule is C/C1=C/C(c2[nH]c3ccc(C4CCNCC4)cc3c2CC(C)F)=C\CCC2N=CN=C12. The Kier molecular flexibility index (Phi) is 5.61. The van der Waals surface area contributed by atoms with Crippen LogP contribution in [0, 0.1) is 0 Å². The number of hydrogen-bond acceptors (Lipinski definition) is 3. The molecule has 0 saturated carbocycles. The average molecular weight is 419 g/mol. The molecule has 2 N–H and O–H groups in total. The highest BCUT2D eigenvalue weighted by molar-refractivity contribution is 6.11. The van der Waals surface area contributed by atoms with E-state index in [0.29, 0.717) is 12.3 Å². The number of benzene rings is 1. The fourth-order valence-electron chi connectivity index (χ4n) is 5.26. The second-order valence-corrected chi connectivity index (χ2v) is 9.15. The Labute approximate surface area is 183 Å². The third kappa shape index (κ3) is 4.03. The van der Waals surface area contributed by atoms with Crippen LogP contribution in [-0.4, -0.2) is 42.3 Å². The highest BCUT2D eigenvalue weighted by Crippen LogP contribution is 2.35. The Balaban J connectivity index is 1.59. The number of aromatic amines is 1. The van der Waals surface area contributed by atoms with Crippen molar-refractivity contribution >= 4 is 28.5 Å². The molecule has 31 heavy (non-hydrogen) atoms. The van der Waals surface area contributed by atoms with Gasteiger partial charge in [-0.3, -0.25) is 4.99 Å². The fraction of sp³-hybridized carbons (Fsp3) is 0.462. The predicted molar refractivity (Wildman–Crippen MR) is 128 cm³/mol. The van der Waals surface area contributed by atoms with Crippen molar-refractivity contribution in [3.05, 3.63) is 52.7 Å². The first-order valence-corrected chi connectivity index (χ1v) is 11.6. The predicted octanol–water partition coefficient (Wildman–Crippen LogP) is 5.51. The monoisotopic (exact) mass is 418 g/mol. The molecule has 1 saturated heterocycles. The van der Waals surface area contributed by atoms with Gasteiger partial charge >= 0.3 is 0 Å². The summed E-state index contributed by atoms with van der Waals surface area (Å²) in [5.74, 6) is 0.583. The molecule has 2 unspecified atom stereocenters. The number of allylic oxidation sites excluding steroid dienone is 3. The first-order valence-electron chi connectivity index (χ1n) is 11.6. The lowest BCUT2D eigenvalue weighted by molar-refractivity contribution is 0.361. The van der Waals surface area contributed by atoms with Crippen molar-refractivity contribution in [3.63, 3.8) is 0 Å². The Bertz CT molecular complexity index is 1100. The largest absolute Gasteiger partial charge is 0.354 e. The quantitative estimate of drug-likeness (QED) is 0.676. The topological polar surface area (TPSA) is 52.5 Å². The van der Waals surface area contributed by atoms with E-state index in [0.717, 1.165) is 72.4 Å². The molecule has 5 heteroatoms. The zero-order valence-corrected chi connectivity index (χ0v) is 18.4. The van der Waals surface area contributed by atoms with Crippen LogP contribution >= 0.6 is 0 Å². The van der Waals surface area contributed by atoms with Gasteiger partial charge in [-0.15, -0.1) is 0 Å². The Morgan fingerprint density at radius 1 is 1.19 bits per heavy atom. The maximum absolute atomic E-state index is 14.3. The number of H-pyrrole nitrogens is 1. The van der Waals surface area contributed by atoms with Crippen LogP contribution in [0.15, 0.2) is 45.9 Å². The Morgan fingerprint density at radius 3 is 2.84 bits per heavy atom. The second-order valence-electron chi connectivity index (χ2n) is 9.15. The number of fused-ring (bicyclic) bond motifs is 2. The highest BCUT2D eigenvalue weighted by Gasteiger charge is 2.24. The smallest absolute Gasteiger partial charge is 0.111 e. The Morgan fingerprint density at radius 2 is 2.03 bits per heavy atom. The number of halogens is 1. The molecule has 4 nitrogen and oxygen atoms in total. The first kappa shape index (κ1) is 20.4. The maximum atomic E-state index is 14.3. The molecule has 2 atom stereocenters. The van der Waals surface area contributed by atoms with Gasteiger partial charge in [-0.2, -0.15) is 0 Å². The molecule has 0 spiro atoms. The van der Waals surface area contributed by atoms with Crippen LogP contribution in [0.4, 0.5) is 4.39 Å². The van der Waals surface area contributed by atoms with Crippen molar-refractivity contribution in [1.82, 2.24) is 10.3 Å². The molecule has 1 aromatic carbocycles. The van der Waals surface area contributed by atoms with E-state index in [1.165, 1.54) is 10.9 Å². The van der Waals surface area contributed by atoms with Gasteiger partial charge in [0.1, 0.15) is 12.5 Å². The van der Waals surface area contributed by atoms with E-state index in [1.807, 2.05) is 0 Å². The van der Waals surface area contributed by atoms with E-state index < -0.39 is 6.17 Å². The van der Waals surface area contributed by atoms with Gasteiger partial charge in [-0.05, 0) is 99.0 Å². The molecule has 3 heterocycles. The van der Waals surface area contributed by atoms with Gasteiger partial charge in [0.2, 0.25) is 0 Å². The molecule has 1 aromatic heterocycles. The molecule has 1 aliphatic carbocycles. The van der Waals surface area contributed by atoms with Crippen LogP contribution in [0.1, 0.15) is 62.3 Å². The minimum atomic E-state index is -0.892. The summed E-state index contributed by atoms with van der Waals surface area (Å²) in [4.78, 5) is 12.6. The number of nitrogens with one attached hydrogen (secondary N) is 2. The van der Waals surface area contributed by atoms with Crippen molar-refractivity contribution < 1.29 is 4.39 Å². The van der Waals surface area contributed by atoms with Crippen molar-refractivity contribution in [2.75, 3.05) is 13.1 Å². The molecule has 162 valence electrons. The fourth-order valence-corrected chi connectivity index (χ4v) is 5.26. The number of piperidine rings is 1. The zero-order chi connectivity index (χ0) is 21.4. The molecular weight excluding hydrogens is 387 g/mol. The summed E-state index contributed by atoms with van der Waals surface area (Å²) < 4.78 is 14.3. The van der Waals surface area contributed by atoms with E-state index in [1.54, 1.807) is 13.3 Å². The summed E-state index contributed by atoms with van der Waals surface area (Å²) in [6.45, 7) is 5.90. The second kappa shape index (κ2) is 8.54. The maximum Gasteiger partial charge on any atom is 0.111 e. The highest BCUT2D eigenvalue weighted by atomic mass is 19.1. The summed E-state index contributed by atoms with van der Waals surface area (Å²) in [6.07, 6.45) is 9.90. The van der Waals surface area contributed by atoms with Crippen LogP contribution in [0.2, 0.25) is 0 Å². The lowest BCUT2D eigenvalue weighted by Gasteiger charge is -2.23. The lowest BCUT2D eigenvalue weighted by Crippen LogP contribution is -2.26. The van der Waals surface area contributed by atoms with Gasteiger partial charge in [0.05, 0.1) is 11.8 Å². The van der Waals surface area contributed by atoms with Gasteiger partial charge in [0.25, 0.3) is 0 Å². The number of nitrogens with zero attached hydrogens (tertiary/aromatic N) is 2. The molecule has 0 radical (unpaired) electrons. The van der Waals surface area contributed by atoms with Crippen LogP contribution in [0.25, 0.3) is 16.5 Å². The van der Waals surface area contributed by atoms with Crippen molar-refractivity contribution in [2.45, 2.75) is 64.1 Å². The van der Waals surface area contributed by atoms with Crippen molar-refractivity contribution in [3.8, 4) is 0 Å². The van der Waals surface area contributed by atoms with E-state index >= 15 is 0 Å². The van der Waals surface area contributed by atoms with Crippen molar-refractivity contribution in [2.24, 2.45) is 9.98 Å². The lowest BCUT2D eigenvalue weighted by atomic mass is 9.88. The van der Waals surface area contributed by atoms with Crippen LogP contribution in [0.5, 0.6) is 0 Å². The van der Waals surface area contributed by atoms with Crippen LogP contribution in [0.3, 0.4) is 0 Å². The molecule has 5 rings (SSSR count).